The molecule has 60 valence electrons. The first-order valence-corrected chi connectivity index (χ1v) is 3.81. The minimum Gasteiger partial charge on any atom is -0.462 e. The van der Waals surface area contributed by atoms with Crippen molar-refractivity contribution in [1.29, 1.82) is 0 Å². The molecule has 0 aromatic rings. The molecule has 0 radical (unpaired) electrons. The minimum atomic E-state index is -0.576. The van der Waals surface area contributed by atoms with Gasteiger partial charge in [0.15, 0.2) is 0 Å². The molecule has 0 rings (SSSR count). The Morgan fingerprint density at radius 1 is 1.70 bits per heavy atom. The van der Waals surface area contributed by atoms with Crippen LogP contribution in [0.15, 0.2) is 0 Å². The summed E-state index contributed by atoms with van der Waals surface area (Å²) in [4.78, 5) is 10.7. The van der Waals surface area contributed by atoms with Crippen molar-refractivity contribution >= 4 is 15.2 Å². The highest BCUT2D eigenvalue weighted by Crippen LogP contribution is 2.00. The van der Waals surface area contributed by atoms with Gasteiger partial charge in [0.05, 0.1) is 11.8 Å². The highest BCUT2D eigenvalue weighted by molar-refractivity contribution is 7.19. The molecule has 0 aromatic heterocycles. The molecule has 0 aliphatic heterocycles. The van der Waals surface area contributed by atoms with E-state index in [0.29, 0.717) is 0 Å². The van der Waals surface area contributed by atoms with E-state index < -0.39 is 6.10 Å². The molecule has 3 nitrogen and oxygen atoms in total. The predicted molar refractivity (Wildman–Crippen MR) is 41.8 cm³/mol. The maximum Gasteiger partial charge on any atom is 0.312 e. The Morgan fingerprint density at radius 2 is 2.20 bits per heavy atom. The topological polar surface area (TPSA) is 46.5 Å². The highest BCUT2D eigenvalue weighted by Gasteiger charge is 2.08. The fourth-order valence-electron chi connectivity index (χ4n) is 0.334. The fraction of sp³-hybridized carbons (Fsp3) is 0.833. The number of aliphatic hydroxyl groups excluding tert-OH is 1. The lowest BCUT2D eigenvalue weighted by molar-refractivity contribution is -0.145. The molecular weight excluding hydrogens is 151 g/mol. The van der Waals surface area contributed by atoms with Crippen molar-refractivity contribution in [3.05, 3.63) is 0 Å². The Balaban J connectivity index is 3.40. The van der Waals surface area contributed by atoms with Crippen LogP contribution in [-0.2, 0) is 9.53 Å². The number of hydrogen-bond donors (Lipinski definition) is 1. The molecule has 0 aromatic carbocycles. The molecule has 1 N–H and O–H groups in total. The zero-order valence-electron chi connectivity index (χ0n) is 6.20. The summed E-state index contributed by atoms with van der Waals surface area (Å²) in [5.41, 5.74) is -0.196. The predicted octanol–water partition coefficient (Wildman–Crippen LogP) is 0.174. The Morgan fingerprint density at radius 3 is 2.50 bits per heavy atom. The summed E-state index contributed by atoms with van der Waals surface area (Å²) < 4.78 is 4.66. The molecule has 0 amide bonds. The van der Waals surface area contributed by atoms with Crippen LogP contribution >= 0.6 is 9.24 Å². The van der Waals surface area contributed by atoms with Crippen molar-refractivity contribution in [2.24, 2.45) is 0 Å². The van der Waals surface area contributed by atoms with E-state index in [1.54, 1.807) is 13.8 Å². The zero-order valence-corrected chi connectivity index (χ0v) is 7.36. The Labute approximate surface area is 63.0 Å². The third-order valence-electron chi connectivity index (χ3n) is 0.839. The first-order chi connectivity index (χ1) is 4.54. The molecule has 0 saturated heterocycles. The number of carbonyl (C=O) groups is 1. The molecule has 0 bridgehead atoms. The van der Waals surface area contributed by atoms with Crippen LogP contribution in [0.2, 0.25) is 0 Å². The Bertz CT molecular complexity index is 112. The number of rotatable bonds is 3. The summed E-state index contributed by atoms with van der Waals surface area (Å²) in [5, 5.41) is 8.70. The molecule has 4 heteroatoms. The molecular formula is C6H13O3P. The van der Waals surface area contributed by atoms with Crippen molar-refractivity contribution < 1.29 is 14.6 Å². The van der Waals surface area contributed by atoms with Crippen LogP contribution < -0.4 is 0 Å². The van der Waals surface area contributed by atoms with Gasteiger partial charge in [0.2, 0.25) is 0 Å². The molecule has 3 unspecified atom stereocenters. The summed E-state index contributed by atoms with van der Waals surface area (Å²) in [6.07, 6.45) is -0.576. The monoisotopic (exact) mass is 164 g/mol. The van der Waals surface area contributed by atoms with Crippen molar-refractivity contribution in [3.8, 4) is 0 Å². The van der Waals surface area contributed by atoms with Crippen LogP contribution in [0.5, 0.6) is 0 Å². The van der Waals surface area contributed by atoms with Gasteiger partial charge in [-0.15, -0.1) is 9.24 Å². The molecule has 10 heavy (non-hydrogen) atoms. The lowest BCUT2D eigenvalue weighted by atomic mass is 10.4. The first kappa shape index (κ1) is 9.86. The lowest BCUT2D eigenvalue weighted by Gasteiger charge is -2.07. The first-order valence-electron chi connectivity index (χ1n) is 3.14. The van der Waals surface area contributed by atoms with Gasteiger partial charge in [0.1, 0.15) is 6.61 Å². The number of hydrogen-bond acceptors (Lipinski definition) is 3. The van der Waals surface area contributed by atoms with Crippen LogP contribution in [0.3, 0.4) is 0 Å². The van der Waals surface area contributed by atoms with Gasteiger partial charge in [-0.2, -0.15) is 0 Å². The molecule has 0 aliphatic rings. The van der Waals surface area contributed by atoms with Crippen LogP contribution in [0.25, 0.3) is 0 Å². The maximum absolute atomic E-state index is 10.7. The summed E-state index contributed by atoms with van der Waals surface area (Å²) in [6, 6.07) is 0. The van der Waals surface area contributed by atoms with E-state index in [1.165, 1.54) is 0 Å². The molecule has 0 spiro atoms. The number of esters is 1. The molecule has 0 heterocycles. The minimum absolute atomic E-state index is 0.0809. The summed E-state index contributed by atoms with van der Waals surface area (Å²) in [6.45, 7) is 3.37. The van der Waals surface area contributed by atoms with Gasteiger partial charge in [-0.3, -0.25) is 4.79 Å². The van der Waals surface area contributed by atoms with Gasteiger partial charge in [0, 0.05) is 0 Å². The van der Waals surface area contributed by atoms with Crippen LogP contribution in [-0.4, -0.2) is 29.4 Å². The average molecular weight is 164 g/mol. The van der Waals surface area contributed by atoms with Gasteiger partial charge >= 0.3 is 5.97 Å². The fourth-order valence-corrected chi connectivity index (χ4v) is 0.430. The number of carbonyl (C=O) groups excluding carboxylic acids is 1. The van der Waals surface area contributed by atoms with E-state index in [0.717, 1.165) is 0 Å². The van der Waals surface area contributed by atoms with E-state index >= 15 is 0 Å². The smallest absolute Gasteiger partial charge is 0.312 e. The quantitative estimate of drug-likeness (QED) is 0.478. The average Bonchev–Trinajstić information content (AvgIpc) is 1.82. The second kappa shape index (κ2) is 4.64. The van der Waals surface area contributed by atoms with Crippen molar-refractivity contribution in [2.75, 3.05) is 6.61 Å². The van der Waals surface area contributed by atoms with E-state index in [1.807, 2.05) is 0 Å². The van der Waals surface area contributed by atoms with Crippen LogP contribution in [0.4, 0.5) is 0 Å². The second-order valence-electron chi connectivity index (χ2n) is 2.27. The van der Waals surface area contributed by atoms with Crippen LogP contribution in [0, 0.1) is 0 Å². The standard InChI is InChI=1S/C6H13O3P/c1-4(7)3-9-6(8)5(2)10/h4-5,7H,3,10H2,1-2H3. The van der Waals surface area contributed by atoms with Crippen molar-refractivity contribution in [1.82, 2.24) is 0 Å². The zero-order chi connectivity index (χ0) is 8.15. The second-order valence-corrected chi connectivity index (χ2v) is 3.27. The molecule has 0 fully saturated rings. The van der Waals surface area contributed by atoms with E-state index in [9.17, 15) is 4.79 Å². The van der Waals surface area contributed by atoms with Crippen molar-refractivity contribution in [2.45, 2.75) is 25.6 Å². The third kappa shape index (κ3) is 4.71. The summed E-state index contributed by atoms with van der Waals surface area (Å²) in [5.74, 6) is -0.300. The maximum atomic E-state index is 10.7. The van der Waals surface area contributed by atoms with Gasteiger partial charge in [-0.1, -0.05) is 0 Å². The van der Waals surface area contributed by atoms with Gasteiger partial charge in [0.25, 0.3) is 0 Å². The van der Waals surface area contributed by atoms with E-state index in [-0.39, 0.29) is 18.2 Å². The Hall–Kier alpha value is -0.140. The van der Waals surface area contributed by atoms with E-state index in [4.69, 9.17) is 5.11 Å². The normalized spacial score (nSPS) is 16.0. The van der Waals surface area contributed by atoms with Crippen LogP contribution in [0.1, 0.15) is 13.8 Å². The SMILES string of the molecule is CC(O)COC(=O)C(C)P. The summed E-state index contributed by atoms with van der Waals surface area (Å²) in [7, 11) is 2.32. The van der Waals surface area contributed by atoms with Gasteiger partial charge < -0.3 is 9.84 Å². The lowest BCUT2D eigenvalue weighted by Crippen LogP contribution is -2.19. The summed E-state index contributed by atoms with van der Waals surface area (Å²) >= 11 is 0. The number of aliphatic hydroxyl groups is 1. The number of ether oxygens (including phenoxy) is 1. The molecule has 0 aliphatic carbocycles. The molecule has 0 saturated carbocycles. The van der Waals surface area contributed by atoms with Gasteiger partial charge in [-0.05, 0) is 13.8 Å². The van der Waals surface area contributed by atoms with Crippen molar-refractivity contribution in [3.63, 3.8) is 0 Å². The van der Waals surface area contributed by atoms with Gasteiger partial charge in [-0.25, -0.2) is 0 Å². The van der Waals surface area contributed by atoms with E-state index in [2.05, 4.69) is 14.0 Å². The third-order valence-corrected chi connectivity index (χ3v) is 1.11. The Kier molecular flexibility index (Phi) is 4.58. The largest absolute Gasteiger partial charge is 0.462 e. The molecule has 3 atom stereocenters. The highest BCUT2D eigenvalue weighted by atomic mass is 31.0.